The first-order chi connectivity index (χ1) is 17.8. The van der Waals surface area contributed by atoms with E-state index in [1.807, 2.05) is 71.0 Å². The molecule has 1 heterocycles. The molecule has 2 rings (SSSR count). The summed E-state index contributed by atoms with van der Waals surface area (Å²) >= 11 is 0. The van der Waals surface area contributed by atoms with Gasteiger partial charge in [0, 0.05) is 32.3 Å². The molecule has 1 aromatic rings. The Hall–Kier alpha value is -2.67. The van der Waals surface area contributed by atoms with Gasteiger partial charge in [-0.2, -0.15) is 0 Å². The van der Waals surface area contributed by atoms with E-state index in [1.54, 1.807) is 23.9 Å². The quantitative estimate of drug-likeness (QED) is 0.432. The molecule has 1 saturated heterocycles. The van der Waals surface area contributed by atoms with Crippen molar-refractivity contribution in [1.82, 2.24) is 20.0 Å². The van der Waals surface area contributed by atoms with E-state index >= 15 is 0 Å². The molecule has 1 fully saturated rings. The molecule has 1 aliphatic rings. The summed E-state index contributed by atoms with van der Waals surface area (Å²) in [4.78, 5) is 45.9. The van der Waals surface area contributed by atoms with Crippen LogP contribution in [0.3, 0.4) is 0 Å². The van der Waals surface area contributed by atoms with Gasteiger partial charge in [0.05, 0.1) is 12.1 Å². The minimum atomic E-state index is -0.630. The second kappa shape index (κ2) is 14.5. The van der Waals surface area contributed by atoms with Crippen molar-refractivity contribution >= 4 is 17.7 Å². The molecule has 0 spiro atoms. The predicted molar refractivity (Wildman–Crippen MR) is 154 cm³/mol. The summed E-state index contributed by atoms with van der Waals surface area (Å²) in [5, 5.41) is 3.10. The number of piperidine rings is 1. The fourth-order valence-electron chi connectivity index (χ4n) is 5.29. The summed E-state index contributed by atoms with van der Waals surface area (Å²) in [5.74, 6) is -0.247. The van der Waals surface area contributed by atoms with E-state index in [2.05, 4.69) is 24.1 Å². The minimum absolute atomic E-state index is 0.0654. The van der Waals surface area contributed by atoms with Crippen LogP contribution in [0, 0.1) is 11.8 Å². The minimum Gasteiger partial charge on any atom is -0.343 e. The topological polar surface area (TPSA) is 73.0 Å². The second-order valence-corrected chi connectivity index (χ2v) is 11.8. The van der Waals surface area contributed by atoms with Crippen LogP contribution in [-0.2, 0) is 20.9 Å². The van der Waals surface area contributed by atoms with Gasteiger partial charge in [0.1, 0.15) is 6.04 Å². The van der Waals surface area contributed by atoms with Gasteiger partial charge in [0.25, 0.3) is 0 Å². The van der Waals surface area contributed by atoms with Crippen LogP contribution < -0.4 is 5.32 Å². The molecule has 1 aromatic carbocycles. The maximum Gasteiger partial charge on any atom is 0.249 e. The van der Waals surface area contributed by atoms with Gasteiger partial charge in [0.15, 0.2) is 0 Å². The van der Waals surface area contributed by atoms with E-state index in [4.69, 9.17) is 0 Å². The zero-order valence-corrected chi connectivity index (χ0v) is 25.0. The Morgan fingerprint density at radius 2 is 1.63 bits per heavy atom. The molecule has 3 amide bonds. The van der Waals surface area contributed by atoms with Gasteiger partial charge in [-0.1, -0.05) is 70.5 Å². The first-order valence-electron chi connectivity index (χ1n) is 14.2. The lowest BCUT2D eigenvalue weighted by Gasteiger charge is -2.39. The van der Waals surface area contributed by atoms with Crippen molar-refractivity contribution in [3.05, 3.63) is 47.5 Å². The first-order valence-corrected chi connectivity index (χ1v) is 14.2. The number of nitrogens with zero attached hydrogens (tertiary/aromatic N) is 3. The largest absolute Gasteiger partial charge is 0.343 e. The van der Waals surface area contributed by atoms with E-state index in [0.29, 0.717) is 12.1 Å². The van der Waals surface area contributed by atoms with Crippen LogP contribution in [0.25, 0.3) is 0 Å². The van der Waals surface area contributed by atoms with Crippen LogP contribution in [0.4, 0.5) is 0 Å². The van der Waals surface area contributed by atoms with Gasteiger partial charge in [-0.3, -0.25) is 19.3 Å². The number of hydrogen-bond donors (Lipinski definition) is 1. The van der Waals surface area contributed by atoms with Crippen LogP contribution >= 0.6 is 0 Å². The summed E-state index contributed by atoms with van der Waals surface area (Å²) < 4.78 is 0. The summed E-state index contributed by atoms with van der Waals surface area (Å²) in [7, 11) is 3.57. The van der Waals surface area contributed by atoms with Gasteiger partial charge in [-0.15, -0.1) is 0 Å². The van der Waals surface area contributed by atoms with Crippen molar-refractivity contribution in [3.63, 3.8) is 0 Å². The maximum atomic E-state index is 13.8. The van der Waals surface area contributed by atoms with Gasteiger partial charge in [-0.05, 0) is 57.6 Å². The summed E-state index contributed by atoms with van der Waals surface area (Å²) in [6, 6.07) is 9.04. The molecule has 212 valence electrons. The van der Waals surface area contributed by atoms with Crippen molar-refractivity contribution in [3.8, 4) is 0 Å². The van der Waals surface area contributed by atoms with Crippen molar-refractivity contribution in [2.75, 3.05) is 20.6 Å². The number of hydrogen-bond acceptors (Lipinski definition) is 4. The van der Waals surface area contributed by atoms with Crippen LogP contribution in [0.2, 0.25) is 0 Å². The standard InChI is InChI=1S/C31H50N4O3/c1-21(2)27(19-24(7)30(37)33(8)20-25-15-11-10-12-16-25)34(9)31(38)28(22(3)4)32-29(36)26-17-13-14-18-35(26)23(5)6/h10-12,15-16,19,21-23,26-28H,13-14,17-18,20H2,1-9H3,(H,32,36)/b24-19+/t26-,27-,28+/m1/s1. The number of carbonyl (C=O) groups excluding carboxylic acids is 3. The smallest absolute Gasteiger partial charge is 0.249 e. The second-order valence-electron chi connectivity index (χ2n) is 11.8. The molecule has 1 aliphatic heterocycles. The number of carbonyl (C=O) groups is 3. The van der Waals surface area contributed by atoms with Gasteiger partial charge < -0.3 is 15.1 Å². The Balaban J connectivity index is 2.17. The highest BCUT2D eigenvalue weighted by Gasteiger charge is 2.36. The Kier molecular flexibility index (Phi) is 12.0. The molecule has 0 saturated carbocycles. The fourth-order valence-corrected chi connectivity index (χ4v) is 5.29. The number of nitrogens with one attached hydrogen (secondary N) is 1. The van der Waals surface area contributed by atoms with Gasteiger partial charge >= 0.3 is 0 Å². The Bertz CT molecular complexity index is 957. The summed E-state index contributed by atoms with van der Waals surface area (Å²) in [6.07, 6.45) is 4.83. The lowest BCUT2D eigenvalue weighted by atomic mass is 9.95. The monoisotopic (exact) mass is 526 g/mol. The Labute approximate surface area is 230 Å². The van der Waals surface area contributed by atoms with Crippen LogP contribution in [-0.4, -0.2) is 77.2 Å². The first kappa shape index (κ1) is 31.5. The van der Waals surface area contributed by atoms with E-state index in [9.17, 15) is 14.4 Å². The van der Waals surface area contributed by atoms with Crippen molar-refractivity contribution in [1.29, 1.82) is 0 Å². The van der Waals surface area contributed by atoms with E-state index < -0.39 is 6.04 Å². The third-order valence-corrected chi connectivity index (χ3v) is 7.59. The highest BCUT2D eigenvalue weighted by atomic mass is 16.2. The molecule has 0 aromatic heterocycles. The van der Waals surface area contributed by atoms with E-state index in [-0.39, 0.29) is 47.7 Å². The number of benzene rings is 1. The number of rotatable bonds is 11. The number of amides is 3. The number of likely N-dealkylation sites (tertiary alicyclic amines) is 1. The Morgan fingerprint density at radius 1 is 1.00 bits per heavy atom. The van der Waals surface area contributed by atoms with Crippen molar-refractivity contribution in [2.24, 2.45) is 11.8 Å². The highest BCUT2D eigenvalue weighted by molar-refractivity contribution is 5.93. The average molecular weight is 527 g/mol. The number of likely N-dealkylation sites (N-methyl/N-ethyl adjacent to an activating group) is 2. The molecular formula is C31H50N4O3. The molecular weight excluding hydrogens is 476 g/mol. The molecule has 0 unspecified atom stereocenters. The molecule has 7 nitrogen and oxygen atoms in total. The van der Waals surface area contributed by atoms with E-state index in [1.165, 1.54) is 0 Å². The predicted octanol–water partition coefficient (Wildman–Crippen LogP) is 4.48. The average Bonchev–Trinajstić information content (AvgIpc) is 2.88. The van der Waals surface area contributed by atoms with Crippen molar-refractivity contribution < 1.29 is 14.4 Å². The van der Waals surface area contributed by atoms with Gasteiger partial charge in [-0.25, -0.2) is 0 Å². The fraction of sp³-hybridized carbons (Fsp3) is 0.645. The molecule has 38 heavy (non-hydrogen) atoms. The van der Waals surface area contributed by atoms with Gasteiger partial charge in [0.2, 0.25) is 17.7 Å². The zero-order chi connectivity index (χ0) is 28.6. The highest BCUT2D eigenvalue weighted by Crippen LogP contribution is 2.22. The molecule has 3 atom stereocenters. The molecule has 7 heteroatoms. The third kappa shape index (κ3) is 8.42. The lowest BCUT2D eigenvalue weighted by molar-refractivity contribution is -0.140. The molecule has 0 aliphatic carbocycles. The molecule has 1 N–H and O–H groups in total. The summed E-state index contributed by atoms with van der Waals surface area (Å²) in [5.41, 5.74) is 1.66. The van der Waals surface area contributed by atoms with Crippen molar-refractivity contribution in [2.45, 2.75) is 98.4 Å². The summed E-state index contributed by atoms with van der Waals surface area (Å²) in [6.45, 7) is 15.5. The van der Waals surface area contributed by atoms with Crippen LogP contribution in [0.15, 0.2) is 42.0 Å². The third-order valence-electron chi connectivity index (χ3n) is 7.59. The zero-order valence-electron chi connectivity index (χ0n) is 25.0. The van der Waals surface area contributed by atoms with Crippen LogP contribution in [0.1, 0.15) is 73.3 Å². The lowest BCUT2D eigenvalue weighted by Crippen LogP contribution is -2.58. The normalized spacial score (nSPS) is 18.4. The van der Waals surface area contributed by atoms with E-state index in [0.717, 1.165) is 31.4 Å². The van der Waals surface area contributed by atoms with Crippen LogP contribution in [0.5, 0.6) is 0 Å². The SMILES string of the molecule is C/C(=C\[C@H](C(C)C)N(C)C(=O)[C@@H](NC(=O)[C@H]1CCCCN1C(C)C)C(C)C)C(=O)N(C)Cc1ccccc1. The Morgan fingerprint density at radius 3 is 2.18 bits per heavy atom. The molecule has 0 radical (unpaired) electrons. The maximum absolute atomic E-state index is 13.8. The molecule has 0 bridgehead atoms.